The molecule has 0 radical (unpaired) electrons. The van der Waals surface area contributed by atoms with Gasteiger partial charge in [0.05, 0.1) is 6.61 Å². The Bertz CT molecular complexity index is 346. The van der Waals surface area contributed by atoms with Gasteiger partial charge >= 0.3 is 11.9 Å². The molecule has 0 unspecified atom stereocenters. The molecule has 7 nitrogen and oxygen atoms in total. The lowest BCUT2D eigenvalue weighted by atomic mass is 10.9. The summed E-state index contributed by atoms with van der Waals surface area (Å²) in [5, 5.41) is 10.4. The van der Waals surface area contributed by atoms with E-state index in [2.05, 4.69) is 9.72 Å². The van der Waals surface area contributed by atoms with E-state index in [1.165, 1.54) is 12.4 Å². The molecular weight excluding hydrogens is 192 g/mol. The number of carbonyl (C=O) groups is 1. The highest BCUT2D eigenvalue weighted by molar-refractivity contribution is 5.69. The van der Waals surface area contributed by atoms with Crippen molar-refractivity contribution >= 4 is 11.9 Å². The summed E-state index contributed by atoms with van der Waals surface area (Å²) in [4.78, 5) is 24.2. The first kappa shape index (κ1) is 10.2. The summed E-state index contributed by atoms with van der Waals surface area (Å²) >= 11 is 0. The van der Waals surface area contributed by atoms with E-state index in [0.29, 0.717) is 0 Å². The van der Waals surface area contributed by atoms with E-state index in [1.807, 2.05) is 0 Å². The van der Waals surface area contributed by atoms with Gasteiger partial charge < -0.3 is 14.9 Å². The van der Waals surface area contributed by atoms with Crippen molar-refractivity contribution in [2.24, 2.45) is 0 Å². The number of imidazole rings is 1. The quantitative estimate of drug-likeness (QED) is 0.398. The number of esters is 1. The number of nitro groups is 1. The predicted molar refractivity (Wildman–Crippen MR) is 45.5 cm³/mol. The minimum atomic E-state index is -0.654. The standard InChI is InChI=1S/C7H9N3O4/c1-2-14-6(11)5-9-4-3-8-7(9)10(12)13/h3-4H,2,5H2,1H3/i5+2. The van der Waals surface area contributed by atoms with Crippen LogP contribution in [0.2, 0.25) is 0 Å². The highest BCUT2D eigenvalue weighted by Crippen LogP contribution is 2.06. The van der Waals surface area contributed by atoms with Gasteiger partial charge in [-0.1, -0.05) is 4.98 Å². The van der Waals surface area contributed by atoms with Gasteiger partial charge in [0, 0.05) is 0 Å². The lowest BCUT2D eigenvalue weighted by Gasteiger charge is -2.00. The van der Waals surface area contributed by atoms with Crippen LogP contribution in [0.25, 0.3) is 0 Å². The number of rotatable bonds is 4. The van der Waals surface area contributed by atoms with Crippen LogP contribution in [-0.2, 0) is 16.1 Å². The summed E-state index contributed by atoms with van der Waals surface area (Å²) in [6.07, 6.45) is 2.62. The van der Waals surface area contributed by atoms with Crippen molar-refractivity contribution in [3.8, 4) is 0 Å². The number of hydrogen-bond donors (Lipinski definition) is 0. The van der Waals surface area contributed by atoms with Crippen LogP contribution >= 0.6 is 0 Å². The molecule has 0 fully saturated rings. The third-order valence-electron chi connectivity index (χ3n) is 1.46. The Morgan fingerprint density at radius 3 is 3.14 bits per heavy atom. The number of carbonyl (C=O) groups excluding carboxylic acids is 1. The van der Waals surface area contributed by atoms with E-state index in [-0.39, 0.29) is 19.1 Å². The van der Waals surface area contributed by atoms with Crippen LogP contribution in [0, 0.1) is 10.1 Å². The summed E-state index contributed by atoms with van der Waals surface area (Å²) in [6.45, 7) is 1.73. The topological polar surface area (TPSA) is 87.3 Å². The molecule has 0 amide bonds. The molecule has 1 aromatic rings. The summed E-state index contributed by atoms with van der Waals surface area (Å²) in [7, 11) is 0. The minimum absolute atomic E-state index is 0.190. The zero-order valence-corrected chi connectivity index (χ0v) is 7.54. The molecule has 14 heavy (non-hydrogen) atoms. The maximum absolute atomic E-state index is 11.0. The molecule has 0 N–H and O–H groups in total. The Kier molecular flexibility index (Phi) is 3.16. The fraction of sp³-hybridized carbons (Fsp3) is 0.429. The Labute approximate surface area is 79.5 Å². The van der Waals surface area contributed by atoms with Gasteiger partial charge in [-0.2, -0.15) is 0 Å². The molecule has 0 aliphatic heterocycles. The first-order valence-corrected chi connectivity index (χ1v) is 3.96. The van der Waals surface area contributed by atoms with Gasteiger partial charge in [0.15, 0.2) is 6.54 Å². The predicted octanol–water partition coefficient (Wildman–Crippen LogP) is 0.354. The molecule has 0 spiro atoms. The highest BCUT2D eigenvalue weighted by atomic mass is 16.6. The molecular formula is C7H9N3O4. The SMILES string of the molecule is CCOC(=O)[14CH2]n1ccnc1[N+](=O)[O-]. The number of hydrogen-bond acceptors (Lipinski definition) is 5. The first-order chi connectivity index (χ1) is 6.65. The Morgan fingerprint density at radius 2 is 2.57 bits per heavy atom. The molecule has 1 rings (SSSR count). The molecule has 0 atom stereocenters. The fourth-order valence-electron chi connectivity index (χ4n) is 0.942. The van der Waals surface area contributed by atoms with Crippen LogP contribution in [0.1, 0.15) is 6.92 Å². The van der Waals surface area contributed by atoms with Crippen molar-refractivity contribution in [1.29, 1.82) is 0 Å². The number of ether oxygens (including phenoxy) is 1. The highest BCUT2D eigenvalue weighted by Gasteiger charge is 2.17. The molecule has 0 aliphatic carbocycles. The second-order valence-electron chi connectivity index (χ2n) is 2.42. The summed E-state index contributed by atoms with van der Waals surface area (Å²) < 4.78 is 5.76. The van der Waals surface area contributed by atoms with Crippen LogP contribution in [0.4, 0.5) is 5.95 Å². The van der Waals surface area contributed by atoms with Gasteiger partial charge in [-0.15, -0.1) is 0 Å². The Morgan fingerprint density at radius 1 is 1.86 bits per heavy atom. The zero-order chi connectivity index (χ0) is 10.6. The van der Waals surface area contributed by atoms with Gasteiger partial charge in [-0.05, 0) is 11.8 Å². The number of nitrogens with zero attached hydrogens (tertiary/aromatic N) is 3. The summed E-state index contributed by atoms with van der Waals surface area (Å²) in [6, 6.07) is 0. The van der Waals surface area contributed by atoms with Crippen LogP contribution in [0.5, 0.6) is 0 Å². The van der Waals surface area contributed by atoms with Crippen LogP contribution < -0.4 is 0 Å². The monoisotopic (exact) mass is 201 g/mol. The van der Waals surface area contributed by atoms with Crippen molar-refractivity contribution in [2.45, 2.75) is 13.5 Å². The Hall–Kier alpha value is -1.92. The molecule has 0 saturated carbocycles. The van der Waals surface area contributed by atoms with Crippen LogP contribution in [0.3, 0.4) is 0 Å². The van der Waals surface area contributed by atoms with Gasteiger partial charge in [0.1, 0.15) is 12.4 Å². The van der Waals surface area contributed by atoms with Gasteiger partial charge in [-0.3, -0.25) is 0 Å². The largest absolute Gasteiger partial charge is 0.464 e. The molecule has 0 saturated heterocycles. The molecule has 1 heterocycles. The molecule has 0 bridgehead atoms. The molecule has 0 aliphatic rings. The van der Waals surface area contributed by atoms with E-state index >= 15 is 0 Å². The second kappa shape index (κ2) is 4.35. The van der Waals surface area contributed by atoms with Gasteiger partial charge in [0.25, 0.3) is 0 Å². The first-order valence-electron chi connectivity index (χ1n) is 3.96. The van der Waals surface area contributed by atoms with Crippen LogP contribution in [0.15, 0.2) is 12.4 Å². The van der Waals surface area contributed by atoms with E-state index in [4.69, 9.17) is 0 Å². The lowest BCUT2D eigenvalue weighted by molar-refractivity contribution is -0.396. The van der Waals surface area contributed by atoms with E-state index in [1.54, 1.807) is 6.92 Å². The average Bonchev–Trinajstić information content (AvgIpc) is 2.52. The van der Waals surface area contributed by atoms with Crippen molar-refractivity contribution in [3.63, 3.8) is 0 Å². The van der Waals surface area contributed by atoms with Crippen molar-refractivity contribution in [1.82, 2.24) is 9.55 Å². The fourth-order valence-corrected chi connectivity index (χ4v) is 0.942. The zero-order valence-electron chi connectivity index (χ0n) is 7.54. The minimum Gasteiger partial charge on any atom is -0.464 e. The maximum Gasteiger partial charge on any atom is 0.435 e. The van der Waals surface area contributed by atoms with Crippen molar-refractivity contribution in [3.05, 3.63) is 22.5 Å². The van der Waals surface area contributed by atoms with Crippen molar-refractivity contribution < 1.29 is 14.5 Å². The van der Waals surface area contributed by atoms with E-state index in [0.717, 1.165) is 4.57 Å². The summed E-state index contributed by atoms with van der Waals surface area (Å²) in [5.41, 5.74) is 0. The lowest BCUT2D eigenvalue weighted by Crippen LogP contribution is -2.14. The van der Waals surface area contributed by atoms with Gasteiger partial charge in [0.2, 0.25) is 0 Å². The third kappa shape index (κ3) is 2.28. The molecule has 0 aromatic carbocycles. The van der Waals surface area contributed by atoms with Crippen LogP contribution in [-0.4, -0.2) is 27.1 Å². The molecule has 7 heteroatoms. The van der Waals surface area contributed by atoms with E-state index in [9.17, 15) is 14.9 Å². The van der Waals surface area contributed by atoms with E-state index < -0.39 is 10.9 Å². The van der Waals surface area contributed by atoms with Gasteiger partial charge in [-0.25, -0.2) is 9.36 Å². The molecule has 76 valence electrons. The second-order valence-corrected chi connectivity index (χ2v) is 2.42. The maximum atomic E-state index is 11.0. The third-order valence-corrected chi connectivity index (χ3v) is 1.46. The summed E-state index contributed by atoms with van der Waals surface area (Å²) in [5.74, 6) is -0.883. The normalized spacial score (nSPS) is 9.79. The van der Waals surface area contributed by atoms with Crippen molar-refractivity contribution in [2.75, 3.05) is 6.61 Å². The number of aromatic nitrogens is 2. The Balaban J connectivity index is 2.71. The molecule has 1 aromatic heterocycles. The average molecular weight is 201 g/mol. The smallest absolute Gasteiger partial charge is 0.435 e.